The van der Waals surface area contributed by atoms with E-state index in [1.54, 1.807) is 10.9 Å². The zero-order valence-electron chi connectivity index (χ0n) is 11.0. The first-order chi connectivity index (χ1) is 9.38. The van der Waals surface area contributed by atoms with Crippen LogP contribution in [-0.2, 0) is 0 Å². The number of aromatic nitrogens is 2. The molecular formula is C13H14F2N4O. The Hall–Kier alpha value is -2.44. The van der Waals surface area contributed by atoms with Crippen molar-refractivity contribution in [3.8, 4) is 0 Å². The average Bonchev–Trinajstić information content (AvgIpc) is 2.82. The predicted molar refractivity (Wildman–Crippen MR) is 71.3 cm³/mol. The van der Waals surface area contributed by atoms with Crippen LogP contribution in [0, 0.1) is 11.6 Å². The van der Waals surface area contributed by atoms with Crippen molar-refractivity contribution in [3.05, 3.63) is 41.7 Å². The molecule has 20 heavy (non-hydrogen) atoms. The van der Waals surface area contributed by atoms with E-state index in [0.29, 0.717) is 11.8 Å². The summed E-state index contributed by atoms with van der Waals surface area (Å²) in [6.45, 7) is 3.86. The molecule has 7 heteroatoms. The Morgan fingerprint density at radius 3 is 2.65 bits per heavy atom. The van der Waals surface area contributed by atoms with E-state index in [-0.39, 0.29) is 17.3 Å². The van der Waals surface area contributed by atoms with Crippen molar-refractivity contribution in [2.75, 3.05) is 11.1 Å². The van der Waals surface area contributed by atoms with Crippen LogP contribution < -0.4 is 11.1 Å². The predicted octanol–water partition coefficient (Wildman–Crippen LogP) is 2.58. The van der Waals surface area contributed by atoms with E-state index in [1.165, 1.54) is 6.20 Å². The Morgan fingerprint density at radius 1 is 1.35 bits per heavy atom. The van der Waals surface area contributed by atoms with Gasteiger partial charge in [-0.05, 0) is 19.9 Å². The van der Waals surface area contributed by atoms with Gasteiger partial charge in [0.15, 0.2) is 0 Å². The molecule has 0 spiro atoms. The average molecular weight is 280 g/mol. The number of benzene rings is 1. The van der Waals surface area contributed by atoms with E-state index in [0.717, 1.165) is 6.07 Å². The molecule has 106 valence electrons. The third kappa shape index (κ3) is 2.76. The molecule has 0 atom stereocenters. The van der Waals surface area contributed by atoms with Gasteiger partial charge in [0.25, 0.3) is 5.91 Å². The number of hydrogen-bond donors (Lipinski definition) is 2. The summed E-state index contributed by atoms with van der Waals surface area (Å²) in [7, 11) is 0. The molecule has 1 amide bonds. The lowest BCUT2D eigenvalue weighted by molar-refractivity contribution is 0.102. The van der Waals surface area contributed by atoms with Gasteiger partial charge in [-0.2, -0.15) is 5.10 Å². The lowest BCUT2D eigenvalue weighted by Crippen LogP contribution is -2.14. The summed E-state index contributed by atoms with van der Waals surface area (Å²) in [6.07, 6.45) is 3.07. The number of carbonyl (C=O) groups excluding carboxylic acids is 1. The largest absolute Gasteiger partial charge is 0.396 e. The van der Waals surface area contributed by atoms with Gasteiger partial charge in [-0.1, -0.05) is 0 Å². The van der Waals surface area contributed by atoms with Crippen LogP contribution in [0.15, 0.2) is 24.5 Å². The third-order valence-corrected chi connectivity index (χ3v) is 2.72. The first-order valence-corrected chi connectivity index (χ1v) is 5.98. The minimum Gasteiger partial charge on any atom is -0.396 e. The Bertz CT molecular complexity index is 652. The molecule has 1 aromatic carbocycles. The standard InChI is InChI=1S/C13H14F2N4O/c1-7(2)19-6-8(5-17-19)18-13(20)9-3-12(16)11(15)4-10(9)14/h3-7H,16H2,1-2H3,(H,18,20). The minimum atomic E-state index is -0.967. The van der Waals surface area contributed by atoms with Crippen LogP contribution in [0.25, 0.3) is 0 Å². The molecule has 0 aliphatic carbocycles. The highest BCUT2D eigenvalue weighted by molar-refractivity contribution is 6.04. The monoisotopic (exact) mass is 280 g/mol. The van der Waals surface area contributed by atoms with Crippen LogP contribution in [0.1, 0.15) is 30.2 Å². The van der Waals surface area contributed by atoms with Crippen LogP contribution in [0.4, 0.5) is 20.2 Å². The molecule has 0 unspecified atom stereocenters. The zero-order valence-corrected chi connectivity index (χ0v) is 11.0. The molecule has 1 heterocycles. The van der Waals surface area contributed by atoms with Crippen molar-refractivity contribution in [2.24, 2.45) is 0 Å². The molecule has 0 aliphatic rings. The van der Waals surface area contributed by atoms with Crippen LogP contribution in [0.2, 0.25) is 0 Å². The molecule has 2 rings (SSSR count). The van der Waals surface area contributed by atoms with Crippen molar-refractivity contribution in [3.63, 3.8) is 0 Å². The third-order valence-electron chi connectivity index (χ3n) is 2.72. The number of carbonyl (C=O) groups is 1. The Labute approximate surface area is 114 Å². The quantitative estimate of drug-likeness (QED) is 0.849. The molecule has 3 N–H and O–H groups in total. The lowest BCUT2D eigenvalue weighted by Gasteiger charge is -2.06. The van der Waals surface area contributed by atoms with Crippen LogP contribution in [0.5, 0.6) is 0 Å². The molecule has 2 aromatic rings. The number of rotatable bonds is 3. The fourth-order valence-electron chi connectivity index (χ4n) is 1.62. The van der Waals surface area contributed by atoms with E-state index in [1.807, 2.05) is 13.8 Å². The summed E-state index contributed by atoms with van der Waals surface area (Å²) in [4.78, 5) is 11.9. The SMILES string of the molecule is CC(C)n1cc(NC(=O)c2cc(N)c(F)cc2F)cn1. The number of anilines is 2. The van der Waals surface area contributed by atoms with Gasteiger partial charge < -0.3 is 11.1 Å². The number of nitrogens with zero attached hydrogens (tertiary/aromatic N) is 2. The summed E-state index contributed by atoms with van der Waals surface area (Å²) in [5.41, 5.74) is 5.15. The molecular weight excluding hydrogens is 266 g/mol. The maximum Gasteiger partial charge on any atom is 0.258 e. The highest BCUT2D eigenvalue weighted by Gasteiger charge is 2.16. The fourth-order valence-corrected chi connectivity index (χ4v) is 1.62. The first-order valence-electron chi connectivity index (χ1n) is 5.98. The van der Waals surface area contributed by atoms with E-state index < -0.39 is 17.5 Å². The minimum absolute atomic E-state index is 0.138. The van der Waals surface area contributed by atoms with Gasteiger partial charge in [-0.3, -0.25) is 9.48 Å². The maximum atomic E-state index is 13.5. The second-order valence-electron chi connectivity index (χ2n) is 4.61. The summed E-state index contributed by atoms with van der Waals surface area (Å²) in [5.74, 6) is -2.57. The van der Waals surface area contributed by atoms with Gasteiger partial charge in [0.05, 0.1) is 23.1 Å². The molecule has 5 nitrogen and oxygen atoms in total. The lowest BCUT2D eigenvalue weighted by atomic mass is 10.1. The van der Waals surface area contributed by atoms with E-state index in [4.69, 9.17) is 5.73 Å². The first kappa shape index (κ1) is 14.0. The normalized spacial score (nSPS) is 10.8. The Morgan fingerprint density at radius 2 is 2.05 bits per heavy atom. The molecule has 0 fully saturated rings. The number of amides is 1. The molecule has 0 radical (unpaired) electrons. The van der Waals surface area contributed by atoms with Crippen molar-refractivity contribution >= 4 is 17.3 Å². The Balaban J connectivity index is 2.21. The summed E-state index contributed by atoms with van der Waals surface area (Å²) in [5, 5.41) is 6.52. The van der Waals surface area contributed by atoms with Crippen molar-refractivity contribution < 1.29 is 13.6 Å². The second-order valence-corrected chi connectivity index (χ2v) is 4.61. The maximum absolute atomic E-state index is 13.5. The highest BCUT2D eigenvalue weighted by Crippen LogP contribution is 2.18. The second kappa shape index (κ2) is 5.28. The number of nitrogen functional groups attached to an aromatic ring is 1. The fraction of sp³-hybridized carbons (Fsp3) is 0.231. The van der Waals surface area contributed by atoms with E-state index in [9.17, 15) is 13.6 Å². The molecule has 0 aliphatic heterocycles. The van der Waals surface area contributed by atoms with Gasteiger partial charge in [0.1, 0.15) is 11.6 Å². The van der Waals surface area contributed by atoms with Gasteiger partial charge >= 0.3 is 0 Å². The molecule has 0 saturated carbocycles. The highest BCUT2D eigenvalue weighted by atomic mass is 19.1. The summed E-state index contributed by atoms with van der Waals surface area (Å²) in [6, 6.07) is 1.69. The topological polar surface area (TPSA) is 72.9 Å². The van der Waals surface area contributed by atoms with Crippen molar-refractivity contribution in [1.82, 2.24) is 9.78 Å². The molecule has 0 saturated heterocycles. The van der Waals surface area contributed by atoms with Crippen LogP contribution in [0.3, 0.4) is 0 Å². The summed E-state index contributed by atoms with van der Waals surface area (Å²) < 4.78 is 28.2. The van der Waals surface area contributed by atoms with Gasteiger partial charge in [-0.25, -0.2) is 8.78 Å². The van der Waals surface area contributed by atoms with E-state index in [2.05, 4.69) is 10.4 Å². The van der Waals surface area contributed by atoms with Gasteiger partial charge in [0.2, 0.25) is 0 Å². The smallest absolute Gasteiger partial charge is 0.258 e. The number of halogens is 2. The number of nitrogens with one attached hydrogen (secondary N) is 1. The van der Waals surface area contributed by atoms with Crippen molar-refractivity contribution in [1.29, 1.82) is 0 Å². The van der Waals surface area contributed by atoms with E-state index >= 15 is 0 Å². The molecule has 1 aromatic heterocycles. The molecule has 0 bridgehead atoms. The van der Waals surface area contributed by atoms with Crippen LogP contribution >= 0.6 is 0 Å². The number of nitrogens with two attached hydrogens (primary N) is 1. The summed E-state index contributed by atoms with van der Waals surface area (Å²) >= 11 is 0. The van der Waals surface area contributed by atoms with Gasteiger partial charge in [0, 0.05) is 18.3 Å². The zero-order chi connectivity index (χ0) is 14.9. The number of hydrogen-bond acceptors (Lipinski definition) is 3. The van der Waals surface area contributed by atoms with Gasteiger partial charge in [-0.15, -0.1) is 0 Å². The van der Waals surface area contributed by atoms with Crippen LogP contribution in [-0.4, -0.2) is 15.7 Å². The van der Waals surface area contributed by atoms with Crippen molar-refractivity contribution in [2.45, 2.75) is 19.9 Å². The Kier molecular flexibility index (Phi) is 3.69.